The Balaban J connectivity index is 2.00. The van der Waals surface area contributed by atoms with Crippen LogP contribution in [0.1, 0.15) is 19.1 Å². The molecular weight excluding hydrogens is 274 g/mol. The van der Waals surface area contributed by atoms with Crippen molar-refractivity contribution >= 4 is 23.4 Å². The second-order valence-corrected chi connectivity index (χ2v) is 4.67. The summed E-state index contributed by atoms with van der Waals surface area (Å²) in [6.45, 7) is 2.57. The van der Waals surface area contributed by atoms with Gasteiger partial charge >= 0.3 is 6.01 Å². The second kappa shape index (κ2) is 6.61. The molecule has 0 atom stereocenters. The molecule has 0 radical (unpaired) electrons. The molecule has 2 heterocycles. The SMILES string of the molecule is CCCOc1nc(Cl)nc(SCc2ccco2)n1. The van der Waals surface area contributed by atoms with Crippen LogP contribution < -0.4 is 4.74 Å². The molecule has 0 bridgehead atoms. The molecule has 0 aromatic carbocycles. The fourth-order valence-electron chi connectivity index (χ4n) is 1.17. The number of thioether (sulfide) groups is 1. The van der Waals surface area contributed by atoms with E-state index < -0.39 is 0 Å². The molecule has 0 spiro atoms. The van der Waals surface area contributed by atoms with E-state index in [0.717, 1.165) is 12.2 Å². The van der Waals surface area contributed by atoms with Crippen molar-refractivity contribution in [3.8, 4) is 6.01 Å². The molecule has 2 aromatic heterocycles. The molecule has 0 fully saturated rings. The van der Waals surface area contributed by atoms with Crippen LogP contribution in [0.2, 0.25) is 5.28 Å². The topological polar surface area (TPSA) is 61.0 Å². The third-order valence-electron chi connectivity index (χ3n) is 1.93. The molecule has 2 rings (SSSR count). The van der Waals surface area contributed by atoms with Crippen molar-refractivity contribution in [2.75, 3.05) is 6.61 Å². The van der Waals surface area contributed by atoms with Crippen molar-refractivity contribution in [2.45, 2.75) is 24.3 Å². The van der Waals surface area contributed by atoms with Crippen LogP contribution in [-0.4, -0.2) is 21.6 Å². The van der Waals surface area contributed by atoms with Crippen LogP contribution in [0.3, 0.4) is 0 Å². The van der Waals surface area contributed by atoms with E-state index in [0.29, 0.717) is 17.5 Å². The maximum atomic E-state index is 5.81. The number of hydrogen-bond acceptors (Lipinski definition) is 6. The van der Waals surface area contributed by atoms with Crippen molar-refractivity contribution in [2.24, 2.45) is 0 Å². The lowest BCUT2D eigenvalue weighted by Gasteiger charge is -2.04. The summed E-state index contributed by atoms with van der Waals surface area (Å²) in [6.07, 6.45) is 2.52. The second-order valence-electron chi connectivity index (χ2n) is 3.39. The van der Waals surface area contributed by atoms with Gasteiger partial charge in [0.15, 0.2) is 5.16 Å². The summed E-state index contributed by atoms with van der Waals surface area (Å²) >= 11 is 7.23. The highest BCUT2D eigenvalue weighted by Gasteiger charge is 2.07. The number of nitrogens with zero attached hydrogens (tertiary/aromatic N) is 3. The Morgan fingerprint density at radius 3 is 3.00 bits per heavy atom. The van der Waals surface area contributed by atoms with Crippen LogP contribution in [0, 0.1) is 0 Å². The summed E-state index contributed by atoms with van der Waals surface area (Å²) in [5.74, 6) is 1.49. The Labute approximate surface area is 114 Å². The monoisotopic (exact) mass is 285 g/mol. The first-order chi connectivity index (χ1) is 8.78. The molecule has 0 N–H and O–H groups in total. The zero-order valence-electron chi connectivity index (χ0n) is 9.80. The van der Waals surface area contributed by atoms with Gasteiger partial charge in [-0.05, 0) is 30.2 Å². The van der Waals surface area contributed by atoms with Gasteiger partial charge in [0.25, 0.3) is 0 Å². The Morgan fingerprint density at radius 1 is 1.39 bits per heavy atom. The van der Waals surface area contributed by atoms with Crippen LogP contribution in [0.5, 0.6) is 6.01 Å². The molecule has 96 valence electrons. The van der Waals surface area contributed by atoms with Gasteiger partial charge in [0.1, 0.15) is 5.76 Å². The Bertz CT molecular complexity index is 493. The fraction of sp³-hybridized carbons (Fsp3) is 0.364. The number of rotatable bonds is 6. The molecule has 0 saturated heterocycles. The van der Waals surface area contributed by atoms with Gasteiger partial charge < -0.3 is 9.15 Å². The molecule has 0 aliphatic rings. The lowest BCUT2D eigenvalue weighted by molar-refractivity contribution is 0.288. The average Bonchev–Trinajstić information content (AvgIpc) is 2.86. The van der Waals surface area contributed by atoms with Gasteiger partial charge in [-0.15, -0.1) is 0 Å². The highest BCUT2D eigenvalue weighted by Crippen LogP contribution is 2.22. The first-order valence-corrected chi connectivity index (χ1v) is 6.84. The zero-order valence-corrected chi connectivity index (χ0v) is 11.4. The van der Waals surface area contributed by atoms with Crippen molar-refractivity contribution in [1.29, 1.82) is 0 Å². The van der Waals surface area contributed by atoms with Crippen LogP contribution in [0.25, 0.3) is 0 Å². The molecule has 7 heteroatoms. The number of furan rings is 1. The minimum atomic E-state index is 0.137. The van der Waals surface area contributed by atoms with Gasteiger partial charge in [-0.2, -0.15) is 15.0 Å². The first-order valence-electron chi connectivity index (χ1n) is 5.47. The van der Waals surface area contributed by atoms with E-state index in [1.54, 1.807) is 6.26 Å². The Kier molecular flexibility index (Phi) is 4.83. The molecule has 5 nitrogen and oxygen atoms in total. The number of aromatic nitrogens is 3. The summed E-state index contributed by atoms with van der Waals surface area (Å²) < 4.78 is 10.6. The predicted octanol–water partition coefficient (Wildman–Crippen LogP) is 3.20. The number of hydrogen-bond donors (Lipinski definition) is 0. The summed E-state index contributed by atoms with van der Waals surface area (Å²) in [4.78, 5) is 12.1. The van der Waals surface area contributed by atoms with E-state index in [-0.39, 0.29) is 11.3 Å². The van der Waals surface area contributed by atoms with Gasteiger partial charge in [-0.3, -0.25) is 0 Å². The van der Waals surface area contributed by atoms with E-state index in [9.17, 15) is 0 Å². The number of halogens is 1. The van der Waals surface area contributed by atoms with Crippen LogP contribution in [-0.2, 0) is 5.75 Å². The van der Waals surface area contributed by atoms with Crippen molar-refractivity contribution < 1.29 is 9.15 Å². The highest BCUT2D eigenvalue weighted by molar-refractivity contribution is 7.98. The van der Waals surface area contributed by atoms with Crippen LogP contribution in [0.4, 0.5) is 0 Å². The third kappa shape index (κ3) is 3.89. The van der Waals surface area contributed by atoms with E-state index in [4.69, 9.17) is 20.8 Å². The largest absolute Gasteiger partial charge is 0.468 e. The van der Waals surface area contributed by atoms with Gasteiger partial charge in [-0.25, -0.2) is 0 Å². The summed E-state index contributed by atoms with van der Waals surface area (Å²) in [5, 5.41) is 0.663. The molecule has 0 amide bonds. The van der Waals surface area contributed by atoms with Crippen molar-refractivity contribution in [3.63, 3.8) is 0 Å². The van der Waals surface area contributed by atoms with Gasteiger partial charge in [0, 0.05) is 0 Å². The average molecular weight is 286 g/mol. The third-order valence-corrected chi connectivity index (χ3v) is 2.96. The maximum Gasteiger partial charge on any atom is 0.321 e. The minimum absolute atomic E-state index is 0.137. The van der Waals surface area contributed by atoms with E-state index in [1.807, 2.05) is 19.1 Å². The molecule has 0 unspecified atom stereocenters. The molecule has 2 aromatic rings. The van der Waals surface area contributed by atoms with Crippen LogP contribution >= 0.6 is 23.4 Å². The highest BCUT2D eigenvalue weighted by atomic mass is 35.5. The number of ether oxygens (including phenoxy) is 1. The lowest BCUT2D eigenvalue weighted by atomic mass is 10.5. The van der Waals surface area contributed by atoms with Gasteiger partial charge in [0.05, 0.1) is 18.6 Å². The van der Waals surface area contributed by atoms with Crippen molar-refractivity contribution in [1.82, 2.24) is 15.0 Å². The fourth-order valence-corrected chi connectivity index (χ4v) is 2.10. The minimum Gasteiger partial charge on any atom is -0.468 e. The van der Waals surface area contributed by atoms with Gasteiger partial charge in [0.2, 0.25) is 5.28 Å². The van der Waals surface area contributed by atoms with E-state index >= 15 is 0 Å². The Hall–Kier alpha value is -1.27. The molecule has 0 saturated carbocycles. The molecular formula is C11H12ClN3O2S. The van der Waals surface area contributed by atoms with E-state index in [1.165, 1.54) is 11.8 Å². The standard InChI is InChI=1S/C11H12ClN3O2S/c1-2-5-17-10-13-9(12)14-11(15-10)18-7-8-4-3-6-16-8/h3-4,6H,2,5,7H2,1H3. The Morgan fingerprint density at radius 2 is 2.28 bits per heavy atom. The smallest absolute Gasteiger partial charge is 0.321 e. The molecule has 0 aliphatic heterocycles. The van der Waals surface area contributed by atoms with E-state index in [2.05, 4.69) is 15.0 Å². The summed E-state index contributed by atoms with van der Waals surface area (Å²) in [6, 6.07) is 4.00. The molecule has 18 heavy (non-hydrogen) atoms. The predicted molar refractivity (Wildman–Crippen MR) is 68.9 cm³/mol. The first kappa shape index (κ1) is 13.2. The van der Waals surface area contributed by atoms with Crippen LogP contribution in [0.15, 0.2) is 28.0 Å². The normalized spacial score (nSPS) is 10.6. The van der Waals surface area contributed by atoms with Crippen molar-refractivity contribution in [3.05, 3.63) is 29.4 Å². The summed E-state index contributed by atoms with van der Waals surface area (Å²) in [5.41, 5.74) is 0. The lowest BCUT2D eigenvalue weighted by Crippen LogP contribution is -2.02. The summed E-state index contributed by atoms with van der Waals surface area (Å²) in [7, 11) is 0. The maximum absolute atomic E-state index is 5.81. The van der Waals surface area contributed by atoms with Gasteiger partial charge in [-0.1, -0.05) is 18.7 Å². The molecule has 0 aliphatic carbocycles. The quantitative estimate of drug-likeness (QED) is 0.760. The zero-order chi connectivity index (χ0) is 12.8.